The molecule has 200 valence electrons. The van der Waals surface area contributed by atoms with Crippen molar-refractivity contribution >= 4 is 17.6 Å². The zero-order valence-corrected chi connectivity index (χ0v) is 22.3. The zero-order chi connectivity index (χ0) is 28.4. The number of esters is 2. The van der Waals surface area contributed by atoms with Crippen molar-refractivity contribution in [3.05, 3.63) is 150 Å². The number of aliphatic hydroxyl groups excluding tert-OH is 1. The van der Waals surface area contributed by atoms with Crippen LogP contribution in [0.2, 0.25) is 0 Å². The van der Waals surface area contributed by atoms with E-state index >= 15 is 0 Å². The van der Waals surface area contributed by atoms with Crippen molar-refractivity contribution in [3.63, 3.8) is 0 Å². The highest BCUT2D eigenvalue weighted by Gasteiger charge is 2.52. The lowest BCUT2D eigenvalue weighted by molar-refractivity contribution is -0.130. The number of anilines is 1. The Morgan fingerprint density at radius 3 is 1.62 bits per heavy atom. The van der Waals surface area contributed by atoms with Crippen LogP contribution in [-0.2, 0) is 15.1 Å². The van der Waals surface area contributed by atoms with Crippen LogP contribution in [0.3, 0.4) is 0 Å². The van der Waals surface area contributed by atoms with E-state index in [1.54, 1.807) is 38.1 Å². The Hall–Kier alpha value is -4.94. The number of carbonyl (C=O) groups is 2. The molecule has 4 aromatic rings. The minimum absolute atomic E-state index is 0.302. The maximum Gasteiger partial charge on any atom is 0.338 e. The molecular weight excluding hydrogens is 502 g/mol. The molecule has 0 aliphatic carbocycles. The van der Waals surface area contributed by atoms with Gasteiger partial charge in [0.2, 0.25) is 0 Å². The fraction of sp³-hybridized carbons (Fsp3) is 0.118. The van der Waals surface area contributed by atoms with Gasteiger partial charge in [0, 0.05) is 22.4 Å². The number of fused-ring (bicyclic) bond motifs is 1. The number of ether oxygens (including phenoxy) is 2. The van der Waals surface area contributed by atoms with Crippen molar-refractivity contribution in [2.75, 3.05) is 4.90 Å². The van der Waals surface area contributed by atoms with Crippen molar-refractivity contribution in [1.29, 1.82) is 0 Å². The number of nitrogens with zero attached hydrogens (tertiary/aromatic N) is 1. The van der Waals surface area contributed by atoms with E-state index in [9.17, 15) is 14.7 Å². The second-order valence-electron chi connectivity index (χ2n) is 9.77. The molecule has 0 radical (unpaired) electrons. The van der Waals surface area contributed by atoms with E-state index in [1.165, 1.54) is 0 Å². The van der Waals surface area contributed by atoms with Gasteiger partial charge in [-0.1, -0.05) is 79.9 Å². The third kappa shape index (κ3) is 4.59. The fourth-order valence-corrected chi connectivity index (χ4v) is 5.10. The summed E-state index contributed by atoms with van der Waals surface area (Å²) in [5, 5.41) is 11.8. The fourth-order valence-electron chi connectivity index (χ4n) is 5.10. The molecule has 0 saturated carbocycles. The average Bonchev–Trinajstić information content (AvgIpc) is 3.23. The summed E-state index contributed by atoms with van der Waals surface area (Å²) >= 11 is 0. The summed E-state index contributed by atoms with van der Waals surface area (Å²) in [5.74, 6) is -0.246. The van der Waals surface area contributed by atoms with Gasteiger partial charge in [0.05, 0.1) is 0 Å². The summed E-state index contributed by atoms with van der Waals surface area (Å²) in [5.41, 5.74) is 3.76. The summed E-state index contributed by atoms with van der Waals surface area (Å²) in [4.78, 5) is 26.2. The second kappa shape index (κ2) is 10.7. The van der Waals surface area contributed by atoms with Crippen molar-refractivity contribution < 1.29 is 24.2 Å². The maximum atomic E-state index is 12.1. The van der Waals surface area contributed by atoms with Crippen LogP contribution < -0.4 is 14.4 Å². The first kappa shape index (κ1) is 26.7. The molecule has 5 rings (SSSR count). The highest BCUT2D eigenvalue weighted by atomic mass is 16.5. The van der Waals surface area contributed by atoms with Gasteiger partial charge < -0.3 is 19.5 Å². The zero-order valence-electron chi connectivity index (χ0n) is 22.3. The van der Waals surface area contributed by atoms with Crippen LogP contribution in [-0.4, -0.2) is 17.0 Å². The summed E-state index contributed by atoms with van der Waals surface area (Å²) in [6.45, 7) is 10.5. The number of aliphatic hydroxyl groups is 1. The molecule has 0 amide bonds. The van der Waals surface area contributed by atoms with Crippen LogP contribution in [0.5, 0.6) is 11.5 Å². The predicted octanol–water partition coefficient (Wildman–Crippen LogP) is 6.45. The van der Waals surface area contributed by atoms with E-state index in [0.29, 0.717) is 22.6 Å². The molecule has 0 spiro atoms. The molecule has 0 aromatic heterocycles. The number of hydrogen-bond donors (Lipinski definition) is 1. The molecule has 1 aliphatic rings. The van der Waals surface area contributed by atoms with Gasteiger partial charge in [-0.05, 0) is 66.9 Å². The van der Waals surface area contributed by atoms with Gasteiger partial charge in [-0.25, -0.2) is 9.59 Å². The van der Waals surface area contributed by atoms with E-state index in [-0.39, 0.29) is 0 Å². The standard InChI is InChI=1S/C34H29NO5/c1-22(2)32(37)39-27-18-14-24(15-19-27)34(25-16-20-28(21-17-25)40-33(38)23(3)4)30-13-9-8-12-29(30)31(36)35(34)26-10-6-5-7-11-26/h5-21,31,36H,1,3H2,2,4H3. The van der Waals surface area contributed by atoms with Crippen molar-refractivity contribution in [3.8, 4) is 11.5 Å². The molecule has 1 atom stereocenters. The minimum Gasteiger partial charge on any atom is -0.423 e. The molecule has 6 nitrogen and oxygen atoms in total. The van der Waals surface area contributed by atoms with Crippen LogP contribution in [0, 0.1) is 0 Å². The molecule has 0 saturated heterocycles. The summed E-state index contributed by atoms with van der Waals surface area (Å²) in [6.07, 6.45) is -0.958. The van der Waals surface area contributed by atoms with Gasteiger partial charge in [0.25, 0.3) is 0 Å². The van der Waals surface area contributed by atoms with E-state index < -0.39 is 23.7 Å². The third-order valence-corrected chi connectivity index (χ3v) is 6.93. The normalized spacial score (nSPS) is 15.2. The van der Waals surface area contributed by atoms with E-state index in [4.69, 9.17) is 9.47 Å². The predicted molar refractivity (Wildman–Crippen MR) is 154 cm³/mol. The Morgan fingerprint density at radius 2 is 1.15 bits per heavy atom. The van der Waals surface area contributed by atoms with Crippen LogP contribution in [0.4, 0.5) is 5.69 Å². The molecule has 1 N–H and O–H groups in total. The molecule has 40 heavy (non-hydrogen) atoms. The second-order valence-corrected chi connectivity index (χ2v) is 9.77. The number of hydrogen-bond acceptors (Lipinski definition) is 6. The van der Waals surface area contributed by atoms with E-state index in [1.807, 2.05) is 83.8 Å². The quantitative estimate of drug-likeness (QED) is 0.168. The van der Waals surface area contributed by atoms with Crippen LogP contribution >= 0.6 is 0 Å². The lowest BCUT2D eigenvalue weighted by atomic mass is 9.76. The molecule has 4 aromatic carbocycles. The highest BCUT2D eigenvalue weighted by molar-refractivity contribution is 5.89. The van der Waals surface area contributed by atoms with Crippen LogP contribution in [0.15, 0.2) is 127 Å². The molecule has 1 aliphatic heterocycles. The Labute approximate surface area is 233 Å². The van der Waals surface area contributed by atoms with Crippen LogP contribution in [0.1, 0.15) is 42.3 Å². The topological polar surface area (TPSA) is 76.1 Å². The Bertz CT molecular complexity index is 1520. The number of carbonyl (C=O) groups excluding carboxylic acids is 2. The summed E-state index contributed by atoms with van der Waals surface area (Å²) < 4.78 is 10.9. The first-order valence-electron chi connectivity index (χ1n) is 12.8. The number of benzene rings is 4. The molecule has 1 unspecified atom stereocenters. The van der Waals surface area contributed by atoms with E-state index in [0.717, 1.165) is 27.9 Å². The van der Waals surface area contributed by atoms with Gasteiger partial charge in [-0.3, -0.25) is 0 Å². The van der Waals surface area contributed by atoms with Gasteiger partial charge >= 0.3 is 11.9 Å². The van der Waals surface area contributed by atoms with Crippen molar-refractivity contribution in [1.82, 2.24) is 0 Å². The van der Waals surface area contributed by atoms with Crippen molar-refractivity contribution in [2.24, 2.45) is 0 Å². The SMILES string of the molecule is C=C(C)C(=O)Oc1ccc(C2(c3ccc(OC(=O)C(=C)C)cc3)c3ccccc3C(O)N2c2ccccc2)cc1. The van der Waals surface area contributed by atoms with Gasteiger partial charge in [0.1, 0.15) is 17.0 Å². The molecule has 0 fully saturated rings. The monoisotopic (exact) mass is 531 g/mol. The Balaban J connectivity index is 1.72. The summed E-state index contributed by atoms with van der Waals surface area (Å²) in [7, 11) is 0. The Kier molecular flexibility index (Phi) is 7.11. The lowest BCUT2D eigenvalue weighted by Gasteiger charge is -2.43. The van der Waals surface area contributed by atoms with Crippen LogP contribution in [0.25, 0.3) is 0 Å². The first-order valence-corrected chi connectivity index (χ1v) is 12.8. The number of rotatable bonds is 7. The van der Waals surface area contributed by atoms with E-state index in [2.05, 4.69) is 13.2 Å². The van der Waals surface area contributed by atoms with Gasteiger partial charge in [-0.15, -0.1) is 0 Å². The molecule has 0 bridgehead atoms. The molecule has 6 heteroatoms. The molecule has 1 heterocycles. The first-order chi connectivity index (χ1) is 19.2. The van der Waals surface area contributed by atoms with Crippen molar-refractivity contribution in [2.45, 2.75) is 25.6 Å². The van der Waals surface area contributed by atoms with Gasteiger partial charge in [-0.2, -0.15) is 0 Å². The minimum atomic E-state index is -0.981. The largest absolute Gasteiger partial charge is 0.423 e. The smallest absolute Gasteiger partial charge is 0.338 e. The summed E-state index contributed by atoms with van der Waals surface area (Å²) in [6, 6.07) is 32.0. The number of para-hydroxylation sites is 1. The Morgan fingerprint density at radius 1 is 0.700 bits per heavy atom. The van der Waals surface area contributed by atoms with Gasteiger partial charge in [0.15, 0.2) is 6.23 Å². The average molecular weight is 532 g/mol. The molecular formula is C34H29NO5. The highest BCUT2D eigenvalue weighted by Crippen LogP contribution is 2.55. The lowest BCUT2D eigenvalue weighted by Crippen LogP contribution is -2.45. The third-order valence-electron chi connectivity index (χ3n) is 6.93. The maximum absolute atomic E-state index is 12.1.